The molecule has 2 amide bonds. The average Bonchev–Trinajstić information content (AvgIpc) is 2.77. The van der Waals surface area contributed by atoms with Gasteiger partial charge in [-0.2, -0.15) is 0 Å². The van der Waals surface area contributed by atoms with Crippen LogP contribution in [-0.4, -0.2) is 46.8 Å². The van der Waals surface area contributed by atoms with Crippen LogP contribution in [0.1, 0.15) is 37.9 Å². The van der Waals surface area contributed by atoms with Crippen molar-refractivity contribution in [3.8, 4) is 11.5 Å². The molecule has 1 aliphatic heterocycles. The first-order valence-corrected chi connectivity index (χ1v) is 10.7. The molecule has 3 N–H and O–H groups in total. The highest BCUT2D eigenvalue weighted by molar-refractivity contribution is 5.74. The molecular weight excluding hydrogens is 399 g/mol. The molecule has 1 aromatic carbocycles. The lowest BCUT2D eigenvalue weighted by Gasteiger charge is -2.34. The van der Waals surface area contributed by atoms with Crippen molar-refractivity contribution in [2.75, 3.05) is 19.7 Å². The summed E-state index contributed by atoms with van der Waals surface area (Å²) < 4.78 is 19.0. The van der Waals surface area contributed by atoms with Gasteiger partial charge in [0.2, 0.25) is 0 Å². The molecule has 8 heteroatoms. The molecule has 168 valence electrons. The predicted octanol–water partition coefficient (Wildman–Crippen LogP) is 3.42. The van der Waals surface area contributed by atoms with E-state index in [0.29, 0.717) is 19.1 Å². The molecule has 0 unspecified atom stereocenters. The molecule has 1 saturated heterocycles. The maximum atomic E-state index is 13.3. The normalized spacial score (nSPS) is 14.5. The van der Waals surface area contributed by atoms with Crippen molar-refractivity contribution >= 4 is 6.03 Å². The zero-order valence-corrected chi connectivity index (χ0v) is 18.1. The number of nitrogens with zero attached hydrogens (tertiary/aromatic N) is 2. The first-order valence-electron chi connectivity index (χ1n) is 10.7. The minimum Gasteiger partial charge on any atom is -0.506 e. The average molecular weight is 431 g/mol. The number of urea groups is 1. The zero-order valence-electron chi connectivity index (χ0n) is 18.1. The van der Waals surface area contributed by atoms with Crippen LogP contribution in [0.4, 0.5) is 9.18 Å². The van der Waals surface area contributed by atoms with Crippen LogP contribution in [-0.2, 0) is 13.1 Å². The number of pyridine rings is 1. The van der Waals surface area contributed by atoms with Crippen LogP contribution in [0.5, 0.6) is 11.5 Å². The number of amides is 2. The lowest BCUT2D eigenvalue weighted by Crippen LogP contribution is -2.49. The van der Waals surface area contributed by atoms with Gasteiger partial charge in [-0.25, -0.2) is 9.18 Å². The molecule has 0 aliphatic carbocycles. The van der Waals surface area contributed by atoms with Gasteiger partial charge in [-0.05, 0) is 49.5 Å². The Hall–Kier alpha value is -2.87. The van der Waals surface area contributed by atoms with Crippen LogP contribution < -0.4 is 15.4 Å². The van der Waals surface area contributed by atoms with Crippen LogP contribution in [0.2, 0.25) is 0 Å². The van der Waals surface area contributed by atoms with E-state index in [1.807, 2.05) is 24.3 Å². The van der Waals surface area contributed by atoms with Crippen molar-refractivity contribution in [2.45, 2.75) is 45.8 Å². The highest BCUT2D eigenvalue weighted by Gasteiger charge is 2.26. The van der Waals surface area contributed by atoms with E-state index < -0.39 is 5.82 Å². The minimum absolute atomic E-state index is 0.0133. The Morgan fingerprint density at radius 1 is 1.32 bits per heavy atom. The number of hydrogen-bond acceptors (Lipinski definition) is 5. The minimum atomic E-state index is -0.611. The van der Waals surface area contributed by atoms with Gasteiger partial charge in [0.1, 0.15) is 23.0 Å². The van der Waals surface area contributed by atoms with E-state index in [9.17, 15) is 14.3 Å². The second-order valence-corrected chi connectivity index (χ2v) is 8.24. The van der Waals surface area contributed by atoms with Gasteiger partial charge < -0.3 is 25.4 Å². The molecule has 0 radical (unpaired) electrons. The second-order valence-electron chi connectivity index (χ2n) is 8.24. The standard InChI is InChI=1S/C23H31FN4O3/c1-16(2)15-31-20-5-3-17(4-6-20)12-27-23(30)28(19-7-9-25-10-8-19)14-21-22(29)11-18(24)13-26-21/h3-6,11,13,16,19,25,29H,7-10,12,14-15H2,1-2H3,(H,27,30). The molecule has 2 heterocycles. The van der Waals surface area contributed by atoms with E-state index in [2.05, 4.69) is 29.5 Å². The topological polar surface area (TPSA) is 86.7 Å². The van der Waals surface area contributed by atoms with Gasteiger partial charge in [-0.15, -0.1) is 0 Å². The third kappa shape index (κ3) is 6.82. The first-order chi connectivity index (χ1) is 14.9. The molecule has 1 fully saturated rings. The number of aromatic hydroxyl groups is 1. The van der Waals surface area contributed by atoms with Crippen molar-refractivity contribution < 1.29 is 19.0 Å². The Morgan fingerprint density at radius 2 is 2.03 bits per heavy atom. The summed E-state index contributed by atoms with van der Waals surface area (Å²) >= 11 is 0. The monoisotopic (exact) mass is 430 g/mol. The van der Waals surface area contributed by atoms with E-state index in [4.69, 9.17) is 4.74 Å². The van der Waals surface area contributed by atoms with Crippen molar-refractivity contribution in [1.82, 2.24) is 20.5 Å². The van der Waals surface area contributed by atoms with Crippen LogP contribution in [0, 0.1) is 11.7 Å². The predicted molar refractivity (Wildman–Crippen MR) is 116 cm³/mol. The molecule has 0 bridgehead atoms. The number of halogens is 1. The third-order valence-electron chi connectivity index (χ3n) is 5.19. The number of hydrogen-bond donors (Lipinski definition) is 3. The Morgan fingerprint density at radius 3 is 2.68 bits per heavy atom. The Labute approximate surface area is 182 Å². The molecule has 0 spiro atoms. The van der Waals surface area contributed by atoms with E-state index >= 15 is 0 Å². The highest BCUT2D eigenvalue weighted by Crippen LogP contribution is 2.21. The Bertz CT molecular complexity index is 854. The van der Waals surface area contributed by atoms with E-state index in [-0.39, 0.29) is 30.1 Å². The molecule has 2 aromatic rings. The van der Waals surface area contributed by atoms with Gasteiger partial charge in [0, 0.05) is 18.7 Å². The molecule has 1 aliphatic rings. The number of carbonyl (C=O) groups excluding carboxylic acids is 1. The number of carbonyl (C=O) groups is 1. The molecule has 3 rings (SSSR count). The van der Waals surface area contributed by atoms with Crippen molar-refractivity contribution in [3.63, 3.8) is 0 Å². The summed E-state index contributed by atoms with van der Waals surface area (Å²) in [4.78, 5) is 18.7. The first kappa shape index (κ1) is 22.8. The fourth-order valence-corrected chi connectivity index (χ4v) is 3.47. The fraction of sp³-hybridized carbons (Fsp3) is 0.478. The van der Waals surface area contributed by atoms with Crippen molar-refractivity contribution in [3.05, 3.63) is 53.6 Å². The third-order valence-corrected chi connectivity index (χ3v) is 5.19. The lowest BCUT2D eigenvalue weighted by atomic mass is 10.0. The molecule has 0 saturated carbocycles. The molecule has 0 atom stereocenters. The molecule has 7 nitrogen and oxygen atoms in total. The zero-order chi connectivity index (χ0) is 22.2. The quantitative estimate of drug-likeness (QED) is 0.597. The fourth-order valence-electron chi connectivity index (χ4n) is 3.47. The number of benzene rings is 1. The Kier molecular flexibility index (Phi) is 8.06. The van der Waals surface area contributed by atoms with E-state index in [0.717, 1.165) is 49.5 Å². The molecular formula is C23H31FN4O3. The van der Waals surface area contributed by atoms with Gasteiger partial charge in [0.15, 0.2) is 0 Å². The summed E-state index contributed by atoms with van der Waals surface area (Å²) in [5.41, 5.74) is 1.24. The van der Waals surface area contributed by atoms with Crippen LogP contribution in [0.15, 0.2) is 36.5 Å². The summed E-state index contributed by atoms with van der Waals surface area (Å²) in [7, 11) is 0. The number of aromatic nitrogens is 1. The van der Waals surface area contributed by atoms with Gasteiger partial charge in [0.25, 0.3) is 0 Å². The summed E-state index contributed by atoms with van der Waals surface area (Å²) in [5, 5.41) is 16.3. The summed E-state index contributed by atoms with van der Waals surface area (Å²) in [5.74, 6) is 0.400. The molecule has 31 heavy (non-hydrogen) atoms. The smallest absolute Gasteiger partial charge is 0.318 e. The van der Waals surface area contributed by atoms with Crippen LogP contribution in [0.3, 0.4) is 0 Å². The number of nitrogens with one attached hydrogen (secondary N) is 2. The molecule has 1 aromatic heterocycles. The van der Waals surface area contributed by atoms with Gasteiger partial charge in [-0.1, -0.05) is 26.0 Å². The van der Waals surface area contributed by atoms with E-state index in [1.165, 1.54) is 0 Å². The maximum absolute atomic E-state index is 13.3. The number of rotatable bonds is 8. The second kappa shape index (κ2) is 10.9. The van der Waals surface area contributed by atoms with Gasteiger partial charge in [0.05, 0.1) is 19.3 Å². The van der Waals surface area contributed by atoms with Crippen molar-refractivity contribution in [2.24, 2.45) is 5.92 Å². The Balaban J connectivity index is 1.64. The van der Waals surface area contributed by atoms with Crippen LogP contribution >= 0.6 is 0 Å². The largest absolute Gasteiger partial charge is 0.506 e. The number of piperidine rings is 1. The maximum Gasteiger partial charge on any atom is 0.318 e. The SMILES string of the molecule is CC(C)COc1ccc(CNC(=O)N(Cc2ncc(F)cc2O)C2CCNCC2)cc1. The van der Waals surface area contributed by atoms with E-state index in [1.54, 1.807) is 4.90 Å². The summed E-state index contributed by atoms with van der Waals surface area (Å²) in [6.45, 7) is 6.96. The van der Waals surface area contributed by atoms with Gasteiger partial charge in [-0.3, -0.25) is 4.98 Å². The summed E-state index contributed by atoms with van der Waals surface area (Å²) in [6.07, 6.45) is 2.66. The lowest BCUT2D eigenvalue weighted by molar-refractivity contribution is 0.152. The highest BCUT2D eigenvalue weighted by atomic mass is 19.1. The van der Waals surface area contributed by atoms with Crippen LogP contribution in [0.25, 0.3) is 0 Å². The number of ether oxygens (including phenoxy) is 1. The summed E-state index contributed by atoms with van der Waals surface area (Å²) in [6, 6.07) is 8.45. The van der Waals surface area contributed by atoms with Gasteiger partial charge >= 0.3 is 6.03 Å². The van der Waals surface area contributed by atoms with Crippen molar-refractivity contribution in [1.29, 1.82) is 0 Å².